The molecule has 0 radical (unpaired) electrons. The van der Waals surface area contributed by atoms with Crippen molar-refractivity contribution in [3.63, 3.8) is 0 Å². The van der Waals surface area contributed by atoms with Gasteiger partial charge in [0.15, 0.2) is 0 Å². The zero-order valence-electron chi connectivity index (χ0n) is 21.4. The van der Waals surface area contributed by atoms with E-state index in [0.29, 0.717) is 26.4 Å². The summed E-state index contributed by atoms with van der Waals surface area (Å²) in [5.74, 6) is 0. The number of hydrogen-bond acceptors (Lipinski definition) is 5. The van der Waals surface area contributed by atoms with E-state index in [0.717, 1.165) is 23.1 Å². The molecule has 4 nitrogen and oxygen atoms in total. The second-order valence-electron chi connectivity index (χ2n) is 9.37. The van der Waals surface area contributed by atoms with Crippen molar-refractivity contribution in [2.45, 2.75) is 54.9 Å². The van der Waals surface area contributed by atoms with Crippen LogP contribution in [0.5, 0.6) is 0 Å². The van der Waals surface area contributed by atoms with Crippen molar-refractivity contribution in [2.24, 2.45) is 0 Å². The summed E-state index contributed by atoms with van der Waals surface area (Å²) in [5, 5.41) is 0. The highest BCUT2D eigenvalue weighted by Crippen LogP contribution is 2.36. The number of benzene rings is 4. The maximum Gasteiger partial charge on any atom is 0.113 e. The minimum atomic E-state index is -0.266. The molecule has 0 aliphatic carbocycles. The van der Waals surface area contributed by atoms with Crippen molar-refractivity contribution in [3.8, 4) is 0 Å². The highest BCUT2D eigenvalue weighted by atomic mass is 32.2. The van der Waals surface area contributed by atoms with Gasteiger partial charge in [0.25, 0.3) is 0 Å². The predicted molar refractivity (Wildman–Crippen MR) is 152 cm³/mol. The molecule has 1 fully saturated rings. The number of hydrogen-bond donors (Lipinski definition) is 0. The highest BCUT2D eigenvalue weighted by Gasteiger charge is 2.41. The van der Waals surface area contributed by atoms with Crippen LogP contribution >= 0.6 is 11.8 Å². The second-order valence-corrected chi connectivity index (χ2v) is 10.6. The zero-order chi connectivity index (χ0) is 25.8. The van der Waals surface area contributed by atoms with E-state index in [2.05, 4.69) is 60.7 Å². The Labute approximate surface area is 229 Å². The van der Waals surface area contributed by atoms with Gasteiger partial charge in [0.2, 0.25) is 0 Å². The molecule has 0 bridgehead atoms. The summed E-state index contributed by atoms with van der Waals surface area (Å²) in [4.78, 5) is 1.17. The van der Waals surface area contributed by atoms with Crippen molar-refractivity contribution in [1.82, 2.24) is 0 Å². The minimum Gasteiger partial charge on any atom is -0.374 e. The van der Waals surface area contributed by atoms with Crippen LogP contribution in [0.15, 0.2) is 126 Å². The molecular formula is C33H34O4S. The minimum absolute atomic E-state index is 0.0694. The third kappa shape index (κ3) is 8.03. The van der Waals surface area contributed by atoms with E-state index in [1.54, 1.807) is 11.8 Å². The normalized spacial score (nSPS) is 21.3. The summed E-state index contributed by atoms with van der Waals surface area (Å²) in [7, 11) is 0. The molecule has 0 aromatic heterocycles. The van der Waals surface area contributed by atoms with E-state index in [4.69, 9.17) is 18.9 Å². The van der Waals surface area contributed by atoms with Crippen LogP contribution in [0.25, 0.3) is 0 Å². The first kappa shape index (κ1) is 26.7. The number of rotatable bonds is 12. The number of ether oxygens (including phenoxy) is 4. The summed E-state index contributed by atoms with van der Waals surface area (Å²) >= 11 is 1.73. The molecule has 1 aliphatic heterocycles. The lowest BCUT2D eigenvalue weighted by molar-refractivity contribution is -0.204. The summed E-state index contributed by atoms with van der Waals surface area (Å²) in [6.45, 7) is 1.96. The Morgan fingerprint density at radius 1 is 0.605 bits per heavy atom. The average molecular weight is 527 g/mol. The molecule has 1 saturated heterocycles. The van der Waals surface area contributed by atoms with Gasteiger partial charge in [0.1, 0.15) is 17.6 Å². The molecule has 0 N–H and O–H groups in total. The summed E-state index contributed by atoms with van der Waals surface area (Å²) < 4.78 is 25.9. The van der Waals surface area contributed by atoms with Gasteiger partial charge in [-0.2, -0.15) is 0 Å². The quantitative estimate of drug-likeness (QED) is 0.194. The van der Waals surface area contributed by atoms with Gasteiger partial charge >= 0.3 is 0 Å². The maximum atomic E-state index is 6.64. The van der Waals surface area contributed by atoms with Gasteiger partial charge in [-0.1, -0.05) is 121 Å². The van der Waals surface area contributed by atoms with Crippen LogP contribution in [-0.4, -0.2) is 30.4 Å². The largest absolute Gasteiger partial charge is 0.374 e. The lowest BCUT2D eigenvalue weighted by Gasteiger charge is -2.41. The first-order valence-electron chi connectivity index (χ1n) is 13.1. The van der Waals surface area contributed by atoms with Crippen LogP contribution in [0.3, 0.4) is 0 Å². The van der Waals surface area contributed by atoms with Gasteiger partial charge in [0, 0.05) is 11.3 Å². The molecular weight excluding hydrogens is 492 g/mol. The lowest BCUT2D eigenvalue weighted by Crippen LogP contribution is -2.51. The summed E-state index contributed by atoms with van der Waals surface area (Å²) in [6.07, 6.45) is 0.0563. The van der Waals surface area contributed by atoms with E-state index in [9.17, 15) is 0 Å². The fourth-order valence-corrected chi connectivity index (χ4v) is 5.64. The van der Waals surface area contributed by atoms with E-state index in [1.165, 1.54) is 4.90 Å². The van der Waals surface area contributed by atoms with E-state index in [-0.39, 0.29) is 23.7 Å². The van der Waals surface area contributed by atoms with Crippen LogP contribution in [0, 0.1) is 0 Å². The molecule has 196 valence electrons. The number of thioether (sulfide) groups is 1. The third-order valence-electron chi connectivity index (χ3n) is 6.48. The van der Waals surface area contributed by atoms with E-state index >= 15 is 0 Å². The van der Waals surface area contributed by atoms with Gasteiger partial charge in [-0.05, 0) is 28.8 Å². The molecule has 4 aromatic rings. The molecule has 4 aromatic carbocycles. The van der Waals surface area contributed by atoms with Gasteiger partial charge in [-0.3, -0.25) is 0 Å². The third-order valence-corrected chi connectivity index (χ3v) is 7.59. The molecule has 5 rings (SSSR count). The molecule has 1 heterocycles. The molecule has 1 unspecified atom stereocenters. The first-order chi connectivity index (χ1) is 18.8. The maximum absolute atomic E-state index is 6.64. The molecule has 1 aliphatic rings. The Bertz CT molecular complexity index is 1190. The van der Waals surface area contributed by atoms with Crippen molar-refractivity contribution in [1.29, 1.82) is 0 Å². The lowest BCUT2D eigenvalue weighted by atomic mass is 10.0. The fourth-order valence-electron chi connectivity index (χ4n) is 4.54. The molecule has 38 heavy (non-hydrogen) atoms. The van der Waals surface area contributed by atoms with Crippen LogP contribution < -0.4 is 0 Å². The molecule has 0 saturated carbocycles. The average Bonchev–Trinajstić information content (AvgIpc) is 2.98. The Balaban J connectivity index is 1.33. The SMILES string of the molecule is c1ccc(COCC2O[C@H](Sc3ccccc3)C[C@@H](OCc3ccccc3)[C@H]2OCc2ccccc2)cc1. The van der Waals surface area contributed by atoms with Crippen molar-refractivity contribution < 1.29 is 18.9 Å². The standard InChI is InChI=1S/C33H34O4S/c1-5-13-26(14-6-1)22-34-25-31-33(36-24-28-17-9-3-10-18-28)30(35-23-27-15-7-2-8-16-27)21-32(37-31)38-29-19-11-4-12-20-29/h1-20,30-33H,21-25H2/t30-,31?,32-,33-/m1/s1. The Kier molecular flexibility index (Phi) is 10.0. The van der Waals surface area contributed by atoms with Crippen molar-refractivity contribution in [3.05, 3.63) is 138 Å². The van der Waals surface area contributed by atoms with Gasteiger partial charge in [0.05, 0.1) is 32.5 Å². The van der Waals surface area contributed by atoms with Crippen LogP contribution in [0.2, 0.25) is 0 Å². The van der Waals surface area contributed by atoms with Gasteiger partial charge in [-0.25, -0.2) is 0 Å². The Morgan fingerprint density at radius 2 is 1.11 bits per heavy atom. The van der Waals surface area contributed by atoms with E-state index in [1.807, 2.05) is 60.7 Å². The highest BCUT2D eigenvalue weighted by molar-refractivity contribution is 7.99. The smallest absolute Gasteiger partial charge is 0.113 e. The topological polar surface area (TPSA) is 36.9 Å². The predicted octanol–water partition coefficient (Wildman–Crippen LogP) is 7.28. The van der Waals surface area contributed by atoms with Gasteiger partial charge < -0.3 is 18.9 Å². The van der Waals surface area contributed by atoms with Crippen LogP contribution in [0.4, 0.5) is 0 Å². The van der Waals surface area contributed by atoms with Gasteiger partial charge in [-0.15, -0.1) is 0 Å². The first-order valence-corrected chi connectivity index (χ1v) is 14.0. The van der Waals surface area contributed by atoms with Crippen molar-refractivity contribution >= 4 is 11.8 Å². The monoisotopic (exact) mass is 526 g/mol. The van der Waals surface area contributed by atoms with E-state index < -0.39 is 0 Å². The molecule has 5 heteroatoms. The summed E-state index contributed by atoms with van der Waals surface area (Å²) in [6, 6.07) is 41.1. The summed E-state index contributed by atoms with van der Waals surface area (Å²) in [5.41, 5.74) is 3.33. The molecule has 0 spiro atoms. The Morgan fingerprint density at radius 3 is 1.68 bits per heavy atom. The molecule has 4 atom stereocenters. The van der Waals surface area contributed by atoms with Crippen molar-refractivity contribution in [2.75, 3.05) is 6.61 Å². The Hall–Kier alpha value is -2.93. The second kappa shape index (κ2) is 14.3. The zero-order valence-corrected chi connectivity index (χ0v) is 22.2. The van der Waals surface area contributed by atoms with Crippen LogP contribution in [0.1, 0.15) is 23.1 Å². The molecule has 0 amide bonds. The van der Waals surface area contributed by atoms with Crippen LogP contribution in [-0.2, 0) is 38.8 Å². The fraction of sp³-hybridized carbons (Fsp3) is 0.273.